The molecule has 0 bridgehead atoms. The average Bonchev–Trinajstić information content (AvgIpc) is 3.15. The van der Waals surface area contributed by atoms with Gasteiger partial charge in [0.1, 0.15) is 37.1 Å². The van der Waals surface area contributed by atoms with Crippen molar-refractivity contribution in [2.75, 3.05) is 0 Å². The van der Waals surface area contributed by atoms with Gasteiger partial charge in [0.2, 0.25) is 0 Å². The Hall–Kier alpha value is -5.28. The van der Waals surface area contributed by atoms with Gasteiger partial charge in [0.05, 0.1) is 0 Å². The van der Waals surface area contributed by atoms with Crippen molar-refractivity contribution in [3.8, 4) is 17.2 Å². The summed E-state index contributed by atoms with van der Waals surface area (Å²) in [6.45, 7) is 1.63. The van der Waals surface area contributed by atoms with Gasteiger partial charge in [-0.05, 0) is 106 Å². The van der Waals surface area contributed by atoms with Crippen LogP contribution in [0.2, 0.25) is 0 Å². The minimum atomic E-state index is 0.545. The van der Waals surface area contributed by atoms with Gasteiger partial charge in [-0.1, -0.05) is 109 Å². The highest BCUT2D eigenvalue weighted by molar-refractivity contribution is 5.50. The van der Waals surface area contributed by atoms with Crippen molar-refractivity contribution >= 4 is 0 Å². The normalized spacial score (nSPS) is 12.0. The zero-order valence-electron chi connectivity index (χ0n) is 25.3. The molecule has 45 heavy (non-hydrogen) atoms. The summed E-state index contributed by atoms with van der Waals surface area (Å²) < 4.78 is 18.8. The van der Waals surface area contributed by atoms with Crippen LogP contribution in [0.5, 0.6) is 17.2 Å². The minimum Gasteiger partial charge on any atom is -0.489 e. The molecule has 7 rings (SSSR count). The summed E-state index contributed by atoms with van der Waals surface area (Å²) in [7, 11) is 0. The van der Waals surface area contributed by atoms with E-state index in [9.17, 15) is 0 Å². The second-order valence-electron chi connectivity index (χ2n) is 11.6. The molecule has 0 aromatic heterocycles. The first-order chi connectivity index (χ1) is 22.2. The monoisotopic (exact) mass is 588 g/mol. The molecule has 1 aliphatic rings. The van der Waals surface area contributed by atoms with Crippen LogP contribution < -0.4 is 14.2 Å². The fourth-order valence-electron chi connectivity index (χ4n) is 5.93. The molecule has 6 aromatic carbocycles. The van der Waals surface area contributed by atoms with Gasteiger partial charge in [-0.3, -0.25) is 0 Å². The Morgan fingerprint density at radius 1 is 0.311 bits per heavy atom. The molecule has 3 heteroatoms. The molecule has 0 atom stereocenters. The summed E-state index contributed by atoms with van der Waals surface area (Å²) in [5.74, 6) is 2.67. The first kappa shape index (κ1) is 28.5. The van der Waals surface area contributed by atoms with Crippen LogP contribution in [0.1, 0.15) is 50.1 Å². The Bertz CT molecular complexity index is 1640. The Kier molecular flexibility index (Phi) is 8.59. The highest BCUT2D eigenvalue weighted by atomic mass is 16.5. The fraction of sp³-hybridized carbons (Fsp3) is 0.143. The largest absolute Gasteiger partial charge is 0.489 e. The molecule has 0 unspecified atom stereocenters. The van der Waals surface area contributed by atoms with E-state index < -0.39 is 0 Å². The van der Waals surface area contributed by atoms with E-state index in [1.165, 1.54) is 33.4 Å². The lowest BCUT2D eigenvalue weighted by atomic mass is 9.95. The van der Waals surface area contributed by atoms with Crippen molar-refractivity contribution in [1.29, 1.82) is 0 Å². The molecule has 222 valence electrons. The van der Waals surface area contributed by atoms with Crippen LogP contribution in [-0.4, -0.2) is 0 Å². The van der Waals surface area contributed by atoms with E-state index in [1.54, 1.807) is 0 Å². The first-order valence-electron chi connectivity index (χ1n) is 15.6. The molecular weight excluding hydrogens is 552 g/mol. The maximum atomic E-state index is 6.27. The van der Waals surface area contributed by atoms with Crippen molar-refractivity contribution in [3.05, 3.63) is 196 Å². The highest BCUT2D eigenvalue weighted by Gasteiger charge is 2.17. The quantitative estimate of drug-likeness (QED) is 0.168. The molecule has 0 radical (unpaired) electrons. The van der Waals surface area contributed by atoms with E-state index in [-0.39, 0.29) is 0 Å². The van der Waals surface area contributed by atoms with Crippen LogP contribution in [0.25, 0.3) is 0 Å². The van der Waals surface area contributed by atoms with Gasteiger partial charge < -0.3 is 14.2 Å². The van der Waals surface area contributed by atoms with Gasteiger partial charge in [0.15, 0.2) is 0 Å². The summed E-state index contributed by atoms with van der Waals surface area (Å²) in [5, 5.41) is 0. The molecule has 0 heterocycles. The third-order valence-electron chi connectivity index (χ3n) is 8.42. The van der Waals surface area contributed by atoms with Crippen LogP contribution in [0.3, 0.4) is 0 Å². The third-order valence-corrected chi connectivity index (χ3v) is 8.42. The van der Waals surface area contributed by atoms with Crippen LogP contribution in [0.15, 0.2) is 146 Å². The summed E-state index contributed by atoms with van der Waals surface area (Å²) in [4.78, 5) is 0. The molecular formula is C42H36O3. The van der Waals surface area contributed by atoms with E-state index in [1.807, 2.05) is 54.6 Å². The van der Waals surface area contributed by atoms with Crippen LogP contribution in [0.4, 0.5) is 0 Å². The first-order valence-corrected chi connectivity index (χ1v) is 15.6. The number of fused-ring (bicyclic) bond motifs is 3. The maximum Gasteiger partial charge on any atom is 0.120 e. The summed E-state index contributed by atoms with van der Waals surface area (Å²) in [5.41, 5.74) is 11.2. The van der Waals surface area contributed by atoms with Crippen LogP contribution in [0, 0.1) is 0 Å². The van der Waals surface area contributed by atoms with E-state index in [0.29, 0.717) is 19.8 Å². The Labute approximate surface area is 265 Å². The molecule has 0 aliphatic heterocycles. The van der Waals surface area contributed by atoms with Crippen LogP contribution in [-0.2, 0) is 39.1 Å². The SMILES string of the molecule is c1ccc(COc2ccc3c(c2)Cc2ccc(OCc4ccccc4)cc2Cc2ccc(OCc4ccccc4)cc2C3)cc1. The Balaban J connectivity index is 1.20. The van der Waals surface area contributed by atoms with Gasteiger partial charge in [-0.2, -0.15) is 0 Å². The predicted octanol–water partition coefficient (Wildman–Crippen LogP) is 9.51. The Morgan fingerprint density at radius 2 is 0.600 bits per heavy atom. The lowest BCUT2D eigenvalue weighted by Crippen LogP contribution is -2.01. The van der Waals surface area contributed by atoms with Crippen molar-refractivity contribution in [2.24, 2.45) is 0 Å². The second kappa shape index (κ2) is 13.6. The molecule has 0 saturated heterocycles. The highest BCUT2D eigenvalue weighted by Crippen LogP contribution is 2.33. The molecule has 0 N–H and O–H groups in total. The van der Waals surface area contributed by atoms with Gasteiger partial charge in [-0.25, -0.2) is 0 Å². The zero-order valence-corrected chi connectivity index (χ0v) is 25.3. The van der Waals surface area contributed by atoms with Gasteiger partial charge in [-0.15, -0.1) is 0 Å². The van der Waals surface area contributed by atoms with Gasteiger partial charge in [0, 0.05) is 0 Å². The van der Waals surface area contributed by atoms with Crippen LogP contribution >= 0.6 is 0 Å². The summed E-state index contributed by atoms with van der Waals surface area (Å²) >= 11 is 0. The molecule has 0 amide bonds. The molecule has 6 aromatic rings. The lowest BCUT2D eigenvalue weighted by Gasteiger charge is -2.15. The maximum absolute atomic E-state index is 6.27. The van der Waals surface area contributed by atoms with Crippen molar-refractivity contribution in [1.82, 2.24) is 0 Å². The molecule has 0 fully saturated rings. The average molecular weight is 589 g/mol. The minimum absolute atomic E-state index is 0.545. The lowest BCUT2D eigenvalue weighted by molar-refractivity contribution is 0.305. The topological polar surface area (TPSA) is 27.7 Å². The smallest absolute Gasteiger partial charge is 0.120 e. The molecule has 0 saturated carbocycles. The van der Waals surface area contributed by atoms with Gasteiger partial charge in [0.25, 0.3) is 0 Å². The molecule has 0 spiro atoms. The number of hydrogen-bond donors (Lipinski definition) is 0. The van der Waals surface area contributed by atoms with Crippen molar-refractivity contribution in [3.63, 3.8) is 0 Å². The summed E-state index contributed by atoms with van der Waals surface area (Å²) in [6, 6.07) is 50.7. The number of ether oxygens (including phenoxy) is 3. The van der Waals surface area contributed by atoms with E-state index in [4.69, 9.17) is 14.2 Å². The standard InChI is InChI=1S/C42H36O3/c1-4-10-31(11-5-1)28-43-40-19-16-34-23-38-26-42(45-30-33-14-8-3-9-15-33)21-18-36(38)24-39-27-41(20-17-35(39)22-37(34)25-40)44-29-32-12-6-2-7-13-32/h1-21,25-27H,22-24,28-30H2. The Morgan fingerprint density at radius 3 is 0.889 bits per heavy atom. The molecule has 1 aliphatic carbocycles. The number of rotatable bonds is 9. The zero-order chi connectivity index (χ0) is 30.3. The number of benzene rings is 6. The van der Waals surface area contributed by atoms with Crippen molar-refractivity contribution in [2.45, 2.75) is 39.1 Å². The third kappa shape index (κ3) is 7.27. The predicted molar refractivity (Wildman–Crippen MR) is 180 cm³/mol. The number of hydrogen-bond acceptors (Lipinski definition) is 3. The van der Waals surface area contributed by atoms with E-state index >= 15 is 0 Å². The van der Waals surface area contributed by atoms with Crippen molar-refractivity contribution < 1.29 is 14.2 Å². The van der Waals surface area contributed by atoms with E-state index in [0.717, 1.165) is 53.2 Å². The fourth-order valence-corrected chi connectivity index (χ4v) is 5.93. The van der Waals surface area contributed by atoms with Gasteiger partial charge >= 0.3 is 0 Å². The second-order valence-corrected chi connectivity index (χ2v) is 11.6. The molecule has 3 nitrogen and oxygen atoms in total. The van der Waals surface area contributed by atoms with E-state index in [2.05, 4.69) is 91.0 Å². The summed E-state index contributed by atoms with van der Waals surface area (Å²) in [6.07, 6.45) is 2.49.